The number of fused-ring (bicyclic) bond motifs is 1. The lowest BCUT2D eigenvalue weighted by molar-refractivity contribution is 0.587. The number of allylic oxidation sites excluding steroid dienone is 2. The molecule has 1 aliphatic heterocycles. The molecule has 0 aliphatic carbocycles. The van der Waals surface area contributed by atoms with Gasteiger partial charge in [-0.15, -0.1) is 0 Å². The Morgan fingerprint density at radius 2 is 2.25 bits per heavy atom. The van der Waals surface area contributed by atoms with Gasteiger partial charge in [0, 0.05) is 30.9 Å². The normalized spacial score (nSPS) is 14.5. The zero-order chi connectivity index (χ0) is 11.9. The average molecular weight is 219 g/mol. The molecule has 0 saturated heterocycles. The van der Waals surface area contributed by atoms with Crippen molar-refractivity contribution in [2.24, 2.45) is 0 Å². The van der Waals surface area contributed by atoms with E-state index >= 15 is 0 Å². The predicted octanol–water partition coefficient (Wildman–Crippen LogP) is 2.53. The van der Waals surface area contributed by atoms with Gasteiger partial charge in [0.15, 0.2) is 5.82 Å². The molecule has 84 valence electrons. The first-order chi connectivity index (χ1) is 7.60. The average Bonchev–Trinajstić information content (AvgIpc) is 2.24. The third-order valence-corrected chi connectivity index (χ3v) is 2.89. The van der Waals surface area contributed by atoms with Gasteiger partial charge < -0.3 is 10.3 Å². The van der Waals surface area contributed by atoms with Crippen molar-refractivity contribution < 1.29 is 4.39 Å². The van der Waals surface area contributed by atoms with Crippen LogP contribution in [-0.4, -0.2) is 18.2 Å². The summed E-state index contributed by atoms with van der Waals surface area (Å²) in [6.45, 7) is 4.21. The number of pyridine rings is 1. The molecular formula is C12H14FN3. The van der Waals surface area contributed by atoms with E-state index in [1.807, 2.05) is 24.9 Å². The summed E-state index contributed by atoms with van der Waals surface area (Å²) in [4.78, 5) is 6.10. The minimum atomic E-state index is -0.243. The van der Waals surface area contributed by atoms with Gasteiger partial charge in [-0.25, -0.2) is 9.37 Å². The first-order valence-corrected chi connectivity index (χ1v) is 5.17. The van der Waals surface area contributed by atoms with Crippen LogP contribution in [0.3, 0.4) is 0 Å². The van der Waals surface area contributed by atoms with Crippen LogP contribution in [0, 0.1) is 18.2 Å². The van der Waals surface area contributed by atoms with Crippen LogP contribution in [0.1, 0.15) is 23.9 Å². The maximum atomic E-state index is 13.8. The summed E-state index contributed by atoms with van der Waals surface area (Å²) in [5.41, 5.74) is 3.41. The Morgan fingerprint density at radius 1 is 1.56 bits per heavy atom. The van der Waals surface area contributed by atoms with Crippen LogP contribution in [0.15, 0.2) is 6.08 Å². The molecular weight excluding hydrogens is 205 g/mol. The van der Waals surface area contributed by atoms with Crippen molar-refractivity contribution in [2.45, 2.75) is 20.4 Å². The van der Waals surface area contributed by atoms with E-state index in [1.54, 1.807) is 6.92 Å². The molecule has 0 radical (unpaired) electrons. The second kappa shape index (κ2) is 3.70. The Morgan fingerprint density at radius 3 is 2.75 bits per heavy atom. The molecule has 4 heteroatoms. The number of hydrogen-bond donors (Lipinski definition) is 1. The highest BCUT2D eigenvalue weighted by Crippen LogP contribution is 2.38. The first kappa shape index (κ1) is 10.8. The summed E-state index contributed by atoms with van der Waals surface area (Å²) in [5.74, 6) is -0.243. The van der Waals surface area contributed by atoms with Gasteiger partial charge in [0.05, 0.1) is 17.1 Å². The number of aromatic nitrogens is 1. The third kappa shape index (κ3) is 1.33. The summed E-state index contributed by atoms with van der Waals surface area (Å²) in [5, 5.41) is 7.32. The minimum Gasteiger partial charge on any atom is -0.367 e. The van der Waals surface area contributed by atoms with Gasteiger partial charge in [-0.05, 0) is 13.8 Å². The number of hydrogen-bond acceptors (Lipinski definition) is 3. The van der Waals surface area contributed by atoms with Crippen LogP contribution >= 0.6 is 0 Å². The first-order valence-electron chi connectivity index (χ1n) is 5.17. The molecule has 0 amide bonds. The van der Waals surface area contributed by atoms with Crippen LogP contribution in [0.4, 0.5) is 10.1 Å². The van der Waals surface area contributed by atoms with Crippen molar-refractivity contribution in [3.63, 3.8) is 0 Å². The fourth-order valence-corrected chi connectivity index (χ4v) is 2.00. The molecule has 0 atom stereocenters. The molecule has 2 rings (SSSR count). The van der Waals surface area contributed by atoms with Gasteiger partial charge in [-0.3, -0.25) is 0 Å². The smallest absolute Gasteiger partial charge is 0.168 e. The Labute approximate surface area is 94.1 Å². The van der Waals surface area contributed by atoms with Gasteiger partial charge in [0.1, 0.15) is 0 Å². The Hall–Kier alpha value is -1.71. The molecule has 1 aromatic rings. The number of aryl methyl sites for hydroxylation is 1. The summed E-state index contributed by atoms with van der Waals surface area (Å²) >= 11 is 0. The molecule has 2 heterocycles. The lowest BCUT2D eigenvalue weighted by atomic mass is 9.97. The Bertz CT molecular complexity index is 492. The molecule has 3 nitrogen and oxygen atoms in total. The number of anilines is 1. The van der Waals surface area contributed by atoms with E-state index < -0.39 is 0 Å². The second-order valence-corrected chi connectivity index (χ2v) is 3.93. The lowest BCUT2D eigenvalue weighted by Crippen LogP contribution is -2.31. The number of nitrogens with zero attached hydrogens (tertiary/aromatic N) is 2. The zero-order valence-electron chi connectivity index (χ0n) is 9.63. The number of rotatable bonds is 2. The third-order valence-electron chi connectivity index (χ3n) is 2.89. The fraction of sp³-hybridized carbons (Fsp3) is 0.333. The van der Waals surface area contributed by atoms with Crippen LogP contribution in [-0.2, 0) is 6.54 Å². The quantitative estimate of drug-likeness (QED) is 0.776. The van der Waals surface area contributed by atoms with E-state index in [-0.39, 0.29) is 5.82 Å². The molecule has 1 aliphatic rings. The summed E-state index contributed by atoms with van der Waals surface area (Å²) in [6, 6.07) is 0. The number of halogens is 1. The molecule has 0 aromatic carbocycles. The second-order valence-electron chi connectivity index (χ2n) is 3.93. The highest BCUT2D eigenvalue weighted by molar-refractivity contribution is 6.08. The van der Waals surface area contributed by atoms with E-state index in [1.165, 1.54) is 6.21 Å². The van der Waals surface area contributed by atoms with Crippen molar-refractivity contribution in [3.8, 4) is 0 Å². The van der Waals surface area contributed by atoms with Gasteiger partial charge in [0.2, 0.25) is 0 Å². The Balaban J connectivity index is 2.66. The van der Waals surface area contributed by atoms with Crippen LogP contribution in [0.5, 0.6) is 0 Å². The fourth-order valence-electron chi connectivity index (χ4n) is 2.00. The molecule has 16 heavy (non-hydrogen) atoms. The highest BCUT2D eigenvalue weighted by atomic mass is 19.1. The van der Waals surface area contributed by atoms with E-state index in [2.05, 4.69) is 4.98 Å². The van der Waals surface area contributed by atoms with E-state index in [0.717, 1.165) is 16.8 Å². The molecule has 1 N–H and O–H groups in total. The van der Waals surface area contributed by atoms with Gasteiger partial charge in [0.25, 0.3) is 0 Å². The van der Waals surface area contributed by atoms with Gasteiger partial charge in [-0.1, -0.05) is 6.08 Å². The Kier molecular flexibility index (Phi) is 2.50. The lowest BCUT2D eigenvalue weighted by Gasteiger charge is -2.34. The van der Waals surface area contributed by atoms with Crippen LogP contribution < -0.4 is 4.90 Å². The summed E-state index contributed by atoms with van der Waals surface area (Å²) in [7, 11) is 1.86. The van der Waals surface area contributed by atoms with E-state index in [4.69, 9.17) is 5.41 Å². The van der Waals surface area contributed by atoms with Gasteiger partial charge in [-0.2, -0.15) is 0 Å². The molecule has 0 unspecified atom stereocenters. The maximum Gasteiger partial charge on any atom is 0.168 e. The van der Waals surface area contributed by atoms with Crippen LogP contribution in [0.25, 0.3) is 5.57 Å². The predicted molar refractivity (Wildman–Crippen MR) is 63.5 cm³/mol. The van der Waals surface area contributed by atoms with Crippen molar-refractivity contribution in [1.82, 2.24) is 4.98 Å². The molecule has 1 aromatic heterocycles. The number of nitrogens with one attached hydrogen (secondary N) is 1. The largest absolute Gasteiger partial charge is 0.367 e. The van der Waals surface area contributed by atoms with Crippen molar-refractivity contribution in [3.05, 3.63) is 28.8 Å². The van der Waals surface area contributed by atoms with Crippen LogP contribution in [0.2, 0.25) is 0 Å². The molecule has 0 saturated carbocycles. The molecule has 0 spiro atoms. The SMILES string of the molecule is C/C=C(\C=N)c1nc(C)c(F)c2c1CN2C. The van der Waals surface area contributed by atoms with E-state index in [0.29, 0.717) is 17.9 Å². The van der Waals surface area contributed by atoms with Crippen molar-refractivity contribution >= 4 is 17.5 Å². The summed E-state index contributed by atoms with van der Waals surface area (Å²) < 4.78 is 13.8. The maximum absolute atomic E-state index is 13.8. The topological polar surface area (TPSA) is 40.0 Å². The van der Waals surface area contributed by atoms with Gasteiger partial charge >= 0.3 is 0 Å². The van der Waals surface area contributed by atoms with Crippen molar-refractivity contribution in [2.75, 3.05) is 11.9 Å². The highest BCUT2D eigenvalue weighted by Gasteiger charge is 2.29. The molecule has 0 fully saturated rings. The van der Waals surface area contributed by atoms with E-state index in [9.17, 15) is 4.39 Å². The van der Waals surface area contributed by atoms with Crippen molar-refractivity contribution in [1.29, 1.82) is 5.41 Å². The zero-order valence-corrected chi connectivity index (χ0v) is 9.63. The monoisotopic (exact) mass is 219 g/mol. The summed E-state index contributed by atoms with van der Waals surface area (Å²) in [6.07, 6.45) is 3.09. The standard InChI is InChI=1S/C12H14FN3/c1-4-8(5-14)11-9-6-16(3)12(9)10(13)7(2)15-11/h4-5,14H,6H2,1-3H3/b8-4+,14-5?. The molecule has 0 bridgehead atoms. The minimum absolute atomic E-state index is 0.243.